The molecule has 0 spiro atoms. The van der Waals surface area contributed by atoms with E-state index in [2.05, 4.69) is 10.3 Å². The maximum absolute atomic E-state index is 11.2. The van der Waals surface area contributed by atoms with Crippen molar-refractivity contribution in [2.75, 3.05) is 18.0 Å². The average molecular weight is 249 g/mol. The van der Waals surface area contributed by atoms with Gasteiger partial charge in [0.2, 0.25) is 11.8 Å². The minimum absolute atomic E-state index is 0.0337. The van der Waals surface area contributed by atoms with Gasteiger partial charge in [-0.2, -0.15) is 0 Å². The Hall–Kier alpha value is -2.44. The van der Waals surface area contributed by atoms with Gasteiger partial charge in [-0.15, -0.1) is 0 Å². The van der Waals surface area contributed by atoms with Gasteiger partial charge < -0.3 is 10.0 Å². The Morgan fingerprint density at radius 2 is 2.00 bits per heavy atom. The van der Waals surface area contributed by atoms with Crippen molar-refractivity contribution in [3.63, 3.8) is 0 Å². The summed E-state index contributed by atoms with van der Waals surface area (Å²) in [6.45, 7) is 1.75. The molecule has 1 fully saturated rings. The molecule has 2 amide bonds. The second kappa shape index (κ2) is 4.44. The van der Waals surface area contributed by atoms with Gasteiger partial charge in [-0.05, 0) is 18.6 Å². The molecule has 7 nitrogen and oxygen atoms in total. The molecule has 0 aliphatic carbocycles. The Kier molecular flexibility index (Phi) is 2.97. The molecule has 1 aliphatic rings. The third kappa shape index (κ3) is 2.29. The summed E-state index contributed by atoms with van der Waals surface area (Å²) in [5, 5.41) is 11.0. The van der Waals surface area contributed by atoms with E-state index in [0.29, 0.717) is 11.4 Å². The number of carboxylic acids is 1. The van der Waals surface area contributed by atoms with Crippen LogP contribution in [-0.4, -0.2) is 41.0 Å². The number of hydrogen-bond donors (Lipinski definition) is 2. The third-order valence-electron chi connectivity index (χ3n) is 2.54. The molecular weight excluding hydrogens is 238 g/mol. The summed E-state index contributed by atoms with van der Waals surface area (Å²) in [4.78, 5) is 38.8. The van der Waals surface area contributed by atoms with Crippen molar-refractivity contribution in [3.8, 4) is 0 Å². The van der Waals surface area contributed by atoms with E-state index in [1.165, 1.54) is 17.2 Å². The minimum atomic E-state index is -1.07. The highest BCUT2D eigenvalue weighted by Crippen LogP contribution is 2.18. The number of carbonyl (C=O) groups is 3. The predicted molar refractivity (Wildman–Crippen MR) is 61.3 cm³/mol. The monoisotopic (exact) mass is 249 g/mol. The van der Waals surface area contributed by atoms with Gasteiger partial charge in [0.05, 0.1) is 18.7 Å². The molecule has 7 heteroatoms. The fourth-order valence-electron chi connectivity index (χ4n) is 1.80. The van der Waals surface area contributed by atoms with Crippen molar-refractivity contribution in [1.29, 1.82) is 0 Å². The van der Waals surface area contributed by atoms with E-state index in [1.807, 2.05) is 0 Å². The molecule has 1 aliphatic heterocycles. The van der Waals surface area contributed by atoms with E-state index >= 15 is 0 Å². The van der Waals surface area contributed by atoms with E-state index in [0.717, 1.165) is 0 Å². The molecule has 94 valence electrons. The van der Waals surface area contributed by atoms with E-state index in [-0.39, 0.29) is 18.7 Å². The lowest BCUT2D eigenvalue weighted by molar-refractivity contribution is -0.130. The molecule has 18 heavy (non-hydrogen) atoms. The van der Waals surface area contributed by atoms with Gasteiger partial charge in [0.25, 0.3) is 0 Å². The van der Waals surface area contributed by atoms with E-state index in [1.54, 1.807) is 6.92 Å². The molecule has 0 unspecified atom stereocenters. The van der Waals surface area contributed by atoms with Crippen molar-refractivity contribution in [1.82, 2.24) is 10.3 Å². The number of pyridine rings is 1. The number of aromatic carboxylic acids is 1. The molecule has 2 rings (SSSR count). The number of rotatable bonds is 2. The van der Waals surface area contributed by atoms with Crippen LogP contribution in [0.2, 0.25) is 0 Å². The molecule has 0 bridgehead atoms. The Morgan fingerprint density at radius 3 is 2.50 bits per heavy atom. The molecule has 1 saturated heterocycles. The number of piperazine rings is 1. The summed E-state index contributed by atoms with van der Waals surface area (Å²) in [7, 11) is 0. The second-order valence-electron chi connectivity index (χ2n) is 4.00. The van der Waals surface area contributed by atoms with Gasteiger partial charge in [0, 0.05) is 6.20 Å². The summed E-state index contributed by atoms with van der Waals surface area (Å²) >= 11 is 0. The third-order valence-corrected chi connectivity index (χ3v) is 2.54. The number of hydrogen-bond acceptors (Lipinski definition) is 5. The first kappa shape index (κ1) is 12.0. The van der Waals surface area contributed by atoms with Gasteiger partial charge in [0.15, 0.2) is 0 Å². The van der Waals surface area contributed by atoms with E-state index in [4.69, 9.17) is 5.11 Å². The van der Waals surface area contributed by atoms with E-state index in [9.17, 15) is 14.4 Å². The Morgan fingerprint density at radius 1 is 1.39 bits per heavy atom. The number of carboxylic acid groups (broad SMARTS) is 1. The van der Waals surface area contributed by atoms with Crippen LogP contribution in [-0.2, 0) is 9.59 Å². The summed E-state index contributed by atoms with van der Waals surface area (Å²) in [5.74, 6) is -1.41. The first-order chi connectivity index (χ1) is 8.47. The first-order valence-electron chi connectivity index (χ1n) is 5.25. The zero-order chi connectivity index (χ0) is 13.3. The fourth-order valence-corrected chi connectivity index (χ4v) is 1.80. The van der Waals surface area contributed by atoms with Crippen LogP contribution in [0.1, 0.15) is 15.9 Å². The van der Waals surface area contributed by atoms with Crippen LogP contribution < -0.4 is 10.2 Å². The summed E-state index contributed by atoms with van der Waals surface area (Å²) in [6, 6.07) is 1.46. The van der Waals surface area contributed by atoms with E-state index < -0.39 is 17.8 Å². The molecule has 1 aromatic rings. The number of anilines is 1. The fraction of sp³-hybridized carbons (Fsp3) is 0.273. The molecule has 2 N–H and O–H groups in total. The summed E-state index contributed by atoms with van der Waals surface area (Å²) in [5.41, 5.74) is 0.682. The van der Waals surface area contributed by atoms with Crippen LogP contribution in [0.15, 0.2) is 12.3 Å². The van der Waals surface area contributed by atoms with Crippen molar-refractivity contribution in [2.45, 2.75) is 6.92 Å². The lowest BCUT2D eigenvalue weighted by Crippen LogP contribution is -2.52. The van der Waals surface area contributed by atoms with Crippen LogP contribution in [0.25, 0.3) is 0 Å². The van der Waals surface area contributed by atoms with Crippen molar-refractivity contribution < 1.29 is 19.5 Å². The second-order valence-corrected chi connectivity index (χ2v) is 4.00. The molecule has 1 aromatic heterocycles. The highest BCUT2D eigenvalue weighted by molar-refractivity contribution is 6.02. The van der Waals surface area contributed by atoms with Crippen molar-refractivity contribution >= 4 is 23.6 Å². The maximum atomic E-state index is 11.2. The molecule has 0 radical (unpaired) electrons. The SMILES string of the molecule is Cc1cc(C(=O)O)cnc1N1CC(=O)NC(=O)C1. The molecule has 0 saturated carbocycles. The normalized spacial score (nSPS) is 15.5. The number of nitrogens with zero attached hydrogens (tertiary/aromatic N) is 2. The van der Waals surface area contributed by atoms with Crippen LogP contribution in [0.3, 0.4) is 0 Å². The quantitative estimate of drug-likeness (QED) is 0.689. The van der Waals surface area contributed by atoms with Crippen molar-refractivity contribution in [3.05, 3.63) is 23.4 Å². The number of carbonyl (C=O) groups excluding carboxylic acids is 2. The highest BCUT2D eigenvalue weighted by atomic mass is 16.4. The topological polar surface area (TPSA) is 99.6 Å². The number of aromatic nitrogens is 1. The smallest absolute Gasteiger partial charge is 0.337 e. The lowest BCUT2D eigenvalue weighted by Gasteiger charge is -2.27. The number of aryl methyl sites for hydroxylation is 1. The summed E-state index contributed by atoms with van der Waals surface area (Å²) in [6.07, 6.45) is 1.21. The number of imide groups is 1. The lowest BCUT2D eigenvalue weighted by atomic mass is 10.2. The van der Waals surface area contributed by atoms with Crippen LogP contribution in [0.4, 0.5) is 5.82 Å². The Bertz CT molecular complexity index is 525. The van der Waals surface area contributed by atoms with Gasteiger partial charge in [-0.3, -0.25) is 14.9 Å². The Balaban J connectivity index is 2.31. The maximum Gasteiger partial charge on any atom is 0.337 e. The number of nitrogens with one attached hydrogen (secondary N) is 1. The predicted octanol–water partition coefficient (Wildman–Crippen LogP) is -0.449. The minimum Gasteiger partial charge on any atom is -0.478 e. The number of amides is 2. The van der Waals surface area contributed by atoms with Gasteiger partial charge >= 0.3 is 5.97 Å². The first-order valence-corrected chi connectivity index (χ1v) is 5.25. The molecule has 2 heterocycles. The van der Waals surface area contributed by atoms with Crippen molar-refractivity contribution in [2.24, 2.45) is 0 Å². The van der Waals surface area contributed by atoms with Crippen LogP contribution in [0, 0.1) is 6.92 Å². The highest BCUT2D eigenvalue weighted by Gasteiger charge is 2.24. The van der Waals surface area contributed by atoms with Gasteiger partial charge in [0.1, 0.15) is 5.82 Å². The largest absolute Gasteiger partial charge is 0.478 e. The van der Waals surface area contributed by atoms with Gasteiger partial charge in [-0.1, -0.05) is 0 Å². The zero-order valence-corrected chi connectivity index (χ0v) is 9.64. The standard InChI is InChI=1S/C11H11N3O4/c1-6-2-7(11(17)18)3-12-10(6)14-4-8(15)13-9(16)5-14/h2-3H,4-5H2,1H3,(H,17,18)(H,13,15,16). The average Bonchev–Trinajstić information content (AvgIpc) is 2.27. The summed E-state index contributed by atoms with van der Waals surface area (Å²) < 4.78 is 0. The molecule has 0 aromatic carbocycles. The Labute approximate surface area is 102 Å². The van der Waals surface area contributed by atoms with Crippen LogP contribution >= 0.6 is 0 Å². The van der Waals surface area contributed by atoms with Crippen LogP contribution in [0.5, 0.6) is 0 Å². The molecule has 0 atom stereocenters. The van der Waals surface area contributed by atoms with Gasteiger partial charge in [-0.25, -0.2) is 9.78 Å². The zero-order valence-electron chi connectivity index (χ0n) is 9.64. The molecular formula is C11H11N3O4.